The summed E-state index contributed by atoms with van der Waals surface area (Å²) in [7, 11) is 0. The Balaban J connectivity index is 1.72. The lowest BCUT2D eigenvalue weighted by Crippen LogP contribution is -2.47. The third kappa shape index (κ3) is 3.21. The summed E-state index contributed by atoms with van der Waals surface area (Å²) in [5.74, 6) is 0.514. The average Bonchev–Trinajstić information content (AvgIpc) is 2.80. The van der Waals surface area contributed by atoms with Gasteiger partial charge in [0, 0.05) is 37.8 Å². The summed E-state index contributed by atoms with van der Waals surface area (Å²) < 4.78 is 5.15. The second kappa shape index (κ2) is 6.06. The maximum Gasteiger partial charge on any atom is 0.227 e. The molecule has 3 saturated heterocycles. The highest BCUT2D eigenvalue weighted by Crippen LogP contribution is 2.29. The fourth-order valence-corrected chi connectivity index (χ4v) is 3.42. The van der Waals surface area contributed by atoms with Crippen molar-refractivity contribution in [3.8, 4) is 0 Å². The number of hydrogen-bond donors (Lipinski definition) is 0. The first-order valence-electron chi connectivity index (χ1n) is 7.81. The van der Waals surface area contributed by atoms with Crippen molar-refractivity contribution in [1.29, 1.82) is 0 Å². The van der Waals surface area contributed by atoms with Gasteiger partial charge >= 0.3 is 0 Å². The third-order valence-electron chi connectivity index (χ3n) is 4.55. The van der Waals surface area contributed by atoms with E-state index >= 15 is 0 Å². The second-order valence-electron chi connectivity index (χ2n) is 6.53. The van der Waals surface area contributed by atoms with Crippen LogP contribution in [0.25, 0.3) is 0 Å². The quantitative estimate of drug-likeness (QED) is 0.799. The molecule has 3 aliphatic rings. The molecule has 0 spiro atoms. The van der Waals surface area contributed by atoms with Gasteiger partial charge in [-0.3, -0.25) is 9.69 Å². The van der Waals surface area contributed by atoms with Crippen LogP contribution >= 0.6 is 0 Å². The van der Waals surface area contributed by atoms with E-state index < -0.39 is 0 Å². The lowest BCUT2D eigenvalue weighted by Gasteiger charge is -2.35. The summed E-state index contributed by atoms with van der Waals surface area (Å²) in [5, 5.41) is 0. The maximum atomic E-state index is 12.6. The first-order chi connectivity index (χ1) is 10.1. The molecule has 0 unspecified atom stereocenters. The molecule has 21 heavy (non-hydrogen) atoms. The van der Waals surface area contributed by atoms with Crippen LogP contribution in [0.5, 0.6) is 0 Å². The lowest BCUT2D eigenvalue weighted by atomic mass is 9.94. The van der Waals surface area contributed by atoms with Crippen molar-refractivity contribution >= 4 is 5.91 Å². The van der Waals surface area contributed by atoms with Crippen LogP contribution in [0.1, 0.15) is 32.3 Å². The third-order valence-corrected chi connectivity index (χ3v) is 4.55. The molecule has 4 heteroatoms. The molecule has 0 aliphatic carbocycles. The summed E-state index contributed by atoms with van der Waals surface area (Å²) in [5.41, 5.74) is 2.47. The van der Waals surface area contributed by atoms with Crippen LogP contribution in [0.3, 0.4) is 0 Å². The van der Waals surface area contributed by atoms with Crippen LogP contribution in [0, 0.1) is 5.92 Å². The molecule has 2 bridgehead atoms. The van der Waals surface area contributed by atoms with Gasteiger partial charge in [-0.2, -0.15) is 0 Å². The Morgan fingerprint density at radius 2 is 2.24 bits per heavy atom. The van der Waals surface area contributed by atoms with Crippen molar-refractivity contribution in [2.45, 2.75) is 39.3 Å². The highest BCUT2D eigenvalue weighted by atomic mass is 16.3. The number of nitrogens with zero attached hydrogens (tertiary/aromatic N) is 2. The number of rotatable bonds is 4. The molecule has 1 aromatic rings. The van der Waals surface area contributed by atoms with Crippen LogP contribution in [-0.4, -0.2) is 41.4 Å². The van der Waals surface area contributed by atoms with E-state index in [4.69, 9.17) is 4.42 Å². The Bertz CT molecular complexity index is 517. The minimum absolute atomic E-state index is 0.168. The van der Waals surface area contributed by atoms with E-state index in [9.17, 15) is 4.79 Å². The van der Waals surface area contributed by atoms with E-state index in [1.807, 2.05) is 6.07 Å². The standard InChI is InChI=1S/C17H24N2O2/c1-13(2)5-7-19-16-4-3-15(17(19)20)10-18(11-16)9-14-6-8-21-12-14/h5-6,8,12,15-16H,3-4,7,9-11H2,1-2H3/t15-,16+/m0/s1. The number of hydrogen-bond acceptors (Lipinski definition) is 3. The predicted molar refractivity (Wildman–Crippen MR) is 81.6 cm³/mol. The molecule has 4 heterocycles. The molecule has 0 aromatic carbocycles. The fourth-order valence-electron chi connectivity index (χ4n) is 3.42. The minimum Gasteiger partial charge on any atom is -0.472 e. The van der Waals surface area contributed by atoms with E-state index in [-0.39, 0.29) is 5.92 Å². The van der Waals surface area contributed by atoms with Crippen molar-refractivity contribution in [2.75, 3.05) is 19.6 Å². The average molecular weight is 288 g/mol. The molecule has 0 saturated carbocycles. The van der Waals surface area contributed by atoms with Gasteiger partial charge in [-0.05, 0) is 32.8 Å². The van der Waals surface area contributed by atoms with Crippen molar-refractivity contribution < 1.29 is 9.21 Å². The van der Waals surface area contributed by atoms with E-state index in [2.05, 4.69) is 29.7 Å². The zero-order chi connectivity index (χ0) is 14.8. The molecular formula is C17H24N2O2. The Labute approximate surface area is 126 Å². The van der Waals surface area contributed by atoms with Gasteiger partial charge in [-0.1, -0.05) is 11.6 Å². The number of allylic oxidation sites excluding steroid dienone is 1. The maximum absolute atomic E-state index is 12.6. The predicted octanol–water partition coefficient (Wildman–Crippen LogP) is 2.67. The Morgan fingerprint density at radius 3 is 2.95 bits per heavy atom. The smallest absolute Gasteiger partial charge is 0.227 e. The van der Waals surface area contributed by atoms with Crippen LogP contribution in [0.2, 0.25) is 0 Å². The van der Waals surface area contributed by atoms with E-state index in [1.54, 1.807) is 12.5 Å². The molecule has 4 nitrogen and oxygen atoms in total. The summed E-state index contributed by atoms with van der Waals surface area (Å²) >= 11 is 0. The van der Waals surface area contributed by atoms with Crippen molar-refractivity contribution in [1.82, 2.24) is 9.80 Å². The summed E-state index contributed by atoms with van der Waals surface area (Å²) in [6.07, 6.45) is 7.86. The number of piperidine rings is 1. The molecule has 0 N–H and O–H groups in total. The van der Waals surface area contributed by atoms with E-state index in [0.717, 1.165) is 39.0 Å². The van der Waals surface area contributed by atoms with Gasteiger partial charge in [0.05, 0.1) is 18.4 Å². The molecule has 114 valence electrons. The molecule has 4 rings (SSSR count). The van der Waals surface area contributed by atoms with Crippen LogP contribution in [0.4, 0.5) is 0 Å². The fraction of sp³-hybridized carbons (Fsp3) is 0.588. The van der Waals surface area contributed by atoms with Gasteiger partial charge in [0.25, 0.3) is 0 Å². The molecule has 3 aliphatic heterocycles. The van der Waals surface area contributed by atoms with Gasteiger partial charge in [0.2, 0.25) is 5.91 Å². The summed E-state index contributed by atoms with van der Waals surface area (Å²) in [6, 6.07) is 2.37. The Hall–Kier alpha value is -1.55. The summed E-state index contributed by atoms with van der Waals surface area (Å²) in [4.78, 5) is 17.1. The Kier molecular flexibility index (Phi) is 4.15. The molecular weight excluding hydrogens is 264 g/mol. The van der Waals surface area contributed by atoms with Crippen molar-refractivity contribution in [3.63, 3.8) is 0 Å². The lowest BCUT2D eigenvalue weighted by molar-refractivity contribution is -0.139. The van der Waals surface area contributed by atoms with Gasteiger partial charge in [0.15, 0.2) is 0 Å². The van der Waals surface area contributed by atoms with Crippen molar-refractivity contribution in [2.24, 2.45) is 5.92 Å². The highest BCUT2D eigenvalue weighted by molar-refractivity contribution is 5.80. The number of furan rings is 1. The molecule has 3 fully saturated rings. The van der Waals surface area contributed by atoms with Crippen LogP contribution < -0.4 is 0 Å². The van der Waals surface area contributed by atoms with Crippen LogP contribution in [-0.2, 0) is 11.3 Å². The monoisotopic (exact) mass is 288 g/mol. The molecule has 1 amide bonds. The first-order valence-corrected chi connectivity index (χ1v) is 7.81. The summed E-state index contributed by atoms with van der Waals surface area (Å²) in [6.45, 7) is 7.68. The molecule has 0 radical (unpaired) electrons. The van der Waals surface area contributed by atoms with E-state index in [1.165, 1.54) is 11.1 Å². The first kappa shape index (κ1) is 14.4. The van der Waals surface area contributed by atoms with Crippen molar-refractivity contribution in [3.05, 3.63) is 35.8 Å². The number of carbonyl (C=O) groups is 1. The van der Waals surface area contributed by atoms with Gasteiger partial charge in [0.1, 0.15) is 0 Å². The zero-order valence-electron chi connectivity index (χ0n) is 12.9. The van der Waals surface area contributed by atoms with E-state index in [0.29, 0.717) is 11.9 Å². The molecule has 2 atom stereocenters. The SMILES string of the molecule is CC(C)=CCN1C(=O)[C@H]2CC[C@@H]1CN(Cc1ccoc1)C2. The normalized spacial score (nSPS) is 26.0. The molecule has 1 aromatic heterocycles. The van der Waals surface area contributed by atoms with Crippen LogP contribution in [0.15, 0.2) is 34.7 Å². The number of fused-ring (bicyclic) bond motifs is 4. The number of amides is 1. The topological polar surface area (TPSA) is 36.7 Å². The zero-order valence-corrected chi connectivity index (χ0v) is 12.9. The van der Waals surface area contributed by atoms with Gasteiger partial charge < -0.3 is 9.32 Å². The number of carbonyl (C=O) groups excluding carboxylic acids is 1. The minimum atomic E-state index is 0.168. The second-order valence-corrected chi connectivity index (χ2v) is 6.53. The van der Waals surface area contributed by atoms with Gasteiger partial charge in [-0.25, -0.2) is 0 Å². The largest absolute Gasteiger partial charge is 0.472 e. The van der Waals surface area contributed by atoms with Gasteiger partial charge in [-0.15, -0.1) is 0 Å². The highest BCUT2D eigenvalue weighted by Gasteiger charge is 2.39. The Morgan fingerprint density at radius 1 is 1.38 bits per heavy atom.